The van der Waals surface area contributed by atoms with E-state index in [4.69, 9.17) is 5.73 Å². The summed E-state index contributed by atoms with van der Waals surface area (Å²) in [6.07, 6.45) is 8.43. The number of halogens is 1. The van der Waals surface area contributed by atoms with Crippen molar-refractivity contribution < 1.29 is 9.18 Å². The highest BCUT2D eigenvalue weighted by Gasteiger charge is 2.25. The van der Waals surface area contributed by atoms with Crippen LogP contribution in [0.5, 0.6) is 0 Å². The van der Waals surface area contributed by atoms with Crippen molar-refractivity contribution in [3.63, 3.8) is 0 Å². The Kier molecular flexibility index (Phi) is 5.67. The van der Waals surface area contributed by atoms with Crippen LogP contribution in [0.15, 0.2) is 30.3 Å². The maximum Gasteiger partial charge on any atom is 0.220 e. The lowest BCUT2D eigenvalue weighted by Gasteiger charge is -2.31. The molecular formula is C20H27FN2O. The standard InChI is InChI=1S/C20H27FN2O/c21-19-4-2-1-3-18(19)16-10-13-23(14-11-16)12-9-15-5-7-17(8-6-15)20(22)24/h1-4,10,15,17H,5-9,11-14H2,(H2,22,24). The monoisotopic (exact) mass is 330 g/mol. The average Bonchev–Trinajstić information content (AvgIpc) is 2.61. The van der Waals surface area contributed by atoms with Crippen LogP contribution in [0, 0.1) is 17.7 Å². The largest absolute Gasteiger partial charge is 0.369 e. The van der Waals surface area contributed by atoms with E-state index in [9.17, 15) is 9.18 Å². The van der Waals surface area contributed by atoms with E-state index >= 15 is 0 Å². The summed E-state index contributed by atoms with van der Waals surface area (Å²) in [5, 5.41) is 0. The lowest BCUT2D eigenvalue weighted by atomic mass is 9.80. The summed E-state index contributed by atoms with van der Waals surface area (Å²) in [4.78, 5) is 13.7. The molecule has 0 saturated heterocycles. The summed E-state index contributed by atoms with van der Waals surface area (Å²) in [6.45, 7) is 2.99. The first-order chi connectivity index (χ1) is 11.6. The highest BCUT2D eigenvalue weighted by molar-refractivity contribution is 5.76. The molecule has 1 heterocycles. The molecule has 1 aliphatic carbocycles. The Balaban J connectivity index is 1.44. The number of hydrogen-bond acceptors (Lipinski definition) is 2. The van der Waals surface area contributed by atoms with Gasteiger partial charge in [0.15, 0.2) is 0 Å². The van der Waals surface area contributed by atoms with Gasteiger partial charge in [-0.3, -0.25) is 9.69 Å². The highest BCUT2D eigenvalue weighted by atomic mass is 19.1. The molecule has 130 valence electrons. The van der Waals surface area contributed by atoms with Crippen LogP contribution in [-0.4, -0.2) is 30.4 Å². The van der Waals surface area contributed by atoms with E-state index in [1.807, 2.05) is 12.1 Å². The number of primary amides is 1. The minimum Gasteiger partial charge on any atom is -0.369 e. The predicted molar refractivity (Wildman–Crippen MR) is 94.7 cm³/mol. The summed E-state index contributed by atoms with van der Waals surface area (Å²) < 4.78 is 13.9. The third-order valence-corrected chi connectivity index (χ3v) is 5.62. The van der Waals surface area contributed by atoms with E-state index in [-0.39, 0.29) is 17.6 Å². The van der Waals surface area contributed by atoms with Crippen molar-refractivity contribution in [3.8, 4) is 0 Å². The minimum absolute atomic E-state index is 0.0995. The quantitative estimate of drug-likeness (QED) is 0.897. The fourth-order valence-electron chi connectivity index (χ4n) is 3.98. The molecule has 1 aromatic carbocycles. The zero-order valence-corrected chi connectivity index (χ0v) is 14.2. The second-order valence-electron chi connectivity index (χ2n) is 7.17. The van der Waals surface area contributed by atoms with Crippen LogP contribution >= 0.6 is 0 Å². The molecular weight excluding hydrogens is 303 g/mol. The number of nitrogens with two attached hydrogens (primary N) is 1. The molecule has 4 heteroatoms. The van der Waals surface area contributed by atoms with Crippen LogP contribution in [0.25, 0.3) is 5.57 Å². The van der Waals surface area contributed by atoms with Crippen LogP contribution in [0.3, 0.4) is 0 Å². The van der Waals surface area contributed by atoms with Gasteiger partial charge in [0.25, 0.3) is 0 Å². The van der Waals surface area contributed by atoms with Gasteiger partial charge >= 0.3 is 0 Å². The molecule has 0 radical (unpaired) electrons. The maximum absolute atomic E-state index is 13.9. The molecule has 1 aromatic rings. The van der Waals surface area contributed by atoms with Crippen LogP contribution < -0.4 is 5.73 Å². The van der Waals surface area contributed by atoms with Crippen LogP contribution in [0.4, 0.5) is 4.39 Å². The summed E-state index contributed by atoms with van der Waals surface area (Å²) in [5.74, 6) is 0.568. The van der Waals surface area contributed by atoms with E-state index in [2.05, 4.69) is 11.0 Å². The molecule has 0 atom stereocenters. The Morgan fingerprint density at radius 2 is 1.96 bits per heavy atom. The number of hydrogen-bond donors (Lipinski definition) is 1. The van der Waals surface area contributed by atoms with Gasteiger partial charge in [0.1, 0.15) is 5.82 Å². The Morgan fingerprint density at radius 3 is 2.58 bits per heavy atom. The van der Waals surface area contributed by atoms with Crippen LogP contribution in [0.1, 0.15) is 44.1 Å². The molecule has 0 spiro atoms. The van der Waals surface area contributed by atoms with E-state index in [0.717, 1.165) is 68.8 Å². The average molecular weight is 330 g/mol. The number of rotatable bonds is 5. The number of carbonyl (C=O) groups is 1. The molecule has 3 rings (SSSR count). The molecule has 1 aliphatic heterocycles. The number of carbonyl (C=O) groups excluding carboxylic acids is 1. The molecule has 0 aromatic heterocycles. The van der Waals surface area contributed by atoms with Gasteiger partial charge < -0.3 is 5.73 Å². The second-order valence-corrected chi connectivity index (χ2v) is 7.17. The minimum atomic E-state index is -0.129. The highest BCUT2D eigenvalue weighted by Crippen LogP contribution is 2.31. The lowest BCUT2D eigenvalue weighted by molar-refractivity contribution is -0.122. The van der Waals surface area contributed by atoms with Gasteiger partial charge in [0.05, 0.1) is 0 Å². The van der Waals surface area contributed by atoms with Crippen molar-refractivity contribution in [1.82, 2.24) is 4.90 Å². The fourth-order valence-corrected chi connectivity index (χ4v) is 3.98. The Bertz CT molecular complexity index is 605. The Hall–Kier alpha value is -1.68. The van der Waals surface area contributed by atoms with Gasteiger partial charge in [0.2, 0.25) is 5.91 Å². The molecule has 2 aliphatic rings. The summed E-state index contributed by atoms with van der Waals surface area (Å²) in [6, 6.07) is 7.04. The number of amides is 1. The van der Waals surface area contributed by atoms with E-state index < -0.39 is 0 Å². The molecule has 0 unspecified atom stereocenters. The molecule has 1 fully saturated rings. The zero-order valence-electron chi connectivity index (χ0n) is 14.2. The van der Waals surface area contributed by atoms with Gasteiger partial charge in [-0.15, -0.1) is 0 Å². The molecule has 24 heavy (non-hydrogen) atoms. The zero-order chi connectivity index (χ0) is 16.9. The Morgan fingerprint density at radius 1 is 1.21 bits per heavy atom. The summed E-state index contributed by atoms with van der Waals surface area (Å²) in [5.41, 5.74) is 7.28. The third kappa shape index (κ3) is 4.23. The van der Waals surface area contributed by atoms with Gasteiger partial charge in [-0.2, -0.15) is 0 Å². The first-order valence-electron chi connectivity index (χ1n) is 9.09. The van der Waals surface area contributed by atoms with E-state index in [1.54, 1.807) is 6.07 Å². The Labute approximate surface area is 143 Å². The van der Waals surface area contributed by atoms with Crippen molar-refractivity contribution in [2.75, 3.05) is 19.6 Å². The van der Waals surface area contributed by atoms with Crippen molar-refractivity contribution in [2.45, 2.75) is 38.5 Å². The normalized spacial score (nSPS) is 25.3. The summed E-state index contributed by atoms with van der Waals surface area (Å²) in [7, 11) is 0. The lowest BCUT2D eigenvalue weighted by Crippen LogP contribution is -2.32. The van der Waals surface area contributed by atoms with E-state index in [0.29, 0.717) is 0 Å². The van der Waals surface area contributed by atoms with Crippen LogP contribution in [-0.2, 0) is 4.79 Å². The van der Waals surface area contributed by atoms with Crippen molar-refractivity contribution >= 4 is 11.5 Å². The second kappa shape index (κ2) is 7.93. The van der Waals surface area contributed by atoms with E-state index in [1.165, 1.54) is 12.5 Å². The first-order valence-corrected chi connectivity index (χ1v) is 9.09. The molecule has 1 amide bonds. The fraction of sp³-hybridized carbons (Fsp3) is 0.550. The van der Waals surface area contributed by atoms with Crippen molar-refractivity contribution in [2.24, 2.45) is 17.6 Å². The number of nitrogens with zero attached hydrogens (tertiary/aromatic N) is 1. The maximum atomic E-state index is 13.9. The van der Waals surface area contributed by atoms with Gasteiger partial charge in [-0.1, -0.05) is 24.3 Å². The van der Waals surface area contributed by atoms with Gasteiger partial charge in [-0.25, -0.2) is 4.39 Å². The number of benzene rings is 1. The van der Waals surface area contributed by atoms with Crippen molar-refractivity contribution in [1.29, 1.82) is 0 Å². The van der Waals surface area contributed by atoms with Gasteiger partial charge in [-0.05, 0) is 62.6 Å². The molecule has 0 bridgehead atoms. The van der Waals surface area contributed by atoms with Crippen LogP contribution in [0.2, 0.25) is 0 Å². The summed E-state index contributed by atoms with van der Waals surface area (Å²) >= 11 is 0. The third-order valence-electron chi connectivity index (χ3n) is 5.62. The smallest absolute Gasteiger partial charge is 0.220 e. The van der Waals surface area contributed by atoms with Gasteiger partial charge in [0, 0.05) is 24.6 Å². The molecule has 3 nitrogen and oxygen atoms in total. The molecule has 2 N–H and O–H groups in total. The SMILES string of the molecule is NC(=O)C1CCC(CCN2CC=C(c3ccccc3F)CC2)CC1. The predicted octanol–water partition coefficient (Wildman–Crippen LogP) is 3.60. The molecule has 1 saturated carbocycles. The topological polar surface area (TPSA) is 46.3 Å². The van der Waals surface area contributed by atoms with Crippen molar-refractivity contribution in [3.05, 3.63) is 41.7 Å². The first kappa shape index (κ1) is 17.2.